The molecule has 0 heterocycles. The molecule has 1 unspecified atom stereocenters. The zero-order chi connectivity index (χ0) is 9.65. The first kappa shape index (κ1) is 18.8. The quantitative estimate of drug-likeness (QED) is 0.182. The molecule has 0 aliphatic rings. The predicted octanol–water partition coefficient (Wildman–Crippen LogP) is -1.96. The van der Waals surface area contributed by atoms with Gasteiger partial charge in [0.15, 0.2) is 0 Å². The molecule has 8 nitrogen and oxygen atoms in total. The predicted molar refractivity (Wildman–Crippen MR) is 42.9 cm³/mol. The molecule has 0 rings (SSSR count). The van der Waals surface area contributed by atoms with Crippen molar-refractivity contribution in [1.82, 2.24) is 0 Å². The second kappa shape index (κ2) is 8.68. The molecule has 12 heteroatoms. The van der Waals surface area contributed by atoms with E-state index in [0.29, 0.717) is 0 Å². The van der Waals surface area contributed by atoms with Gasteiger partial charge >= 0.3 is 48.8 Å². The maximum atomic E-state index is 9.34. The molecule has 0 aromatic heterocycles. The van der Waals surface area contributed by atoms with Gasteiger partial charge in [-0.3, -0.25) is 18.2 Å². The molecule has 12 heavy (non-hydrogen) atoms. The van der Waals surface area contributed by atoms with Crippen molar-refractivity contribution in [1.29, 1.82) is 0 Å². The summed E-state index contributed by atoms with van der Waals surface area (Å²) >= 11 is -2.61. The maximum absolute atomic E-state index is 9.34. The van der Waals surface area contributed by atoms with Gasteiger partial charge in [0, 0.05) is 0 Å². The first-order chi connectivity index (χ1) is 4.68. The SMILES string of the molecule is O=S(O)O.O=S(O)S(=O)(=O)O.[NaH]. The fraction of sp³-hybridized carbons (Fsp3) is 0. The molecular weight excluding hydrogens is 247 g/mol. The van der Waals surface area contributed by atoms with Gasteiger partial charge in [-0.25, -0.2) is 4.21 Å². The number of hydrogen-bond donors (Lipinski definition) is 4. The monoisotopic (exact) mass is 252 g/mol. The summed E-state index contributed by atoms with van der Waals surface area (Å²) in [6.07, 6.45) is 0. The molecule has 0 aliphatic carbocycles. The van der Waals surface area contributed by atoms with E-state index in [9.17, 15) is 12.6 Å². The average Bonchev–Trinajstić information content (AvgIpc) is 1.59. The van der Waals surface area contributed by atoms with Crippen LogP contribution in [-0.2, 0) is 30.6 Å². The van der Waals surface area contributed by atoms with Gasteiger partial charge < -0.3 is 0 Å². The van der Waals surface area contributed by atoms with Crippen molar-refractivity contribution in [2.24, 2.45) is 0 Å². The van der Waals surface area contributed by atoms with Gasteiger partial charge in [-0.1, -0.05) is 0 Å². The molecule has 0 aromatic rings. The molecule has 0 saturated carbocycles. The van der Waals surface area contributed by atoms with Gasteiger partial charge in [-0.05, 0) is 0 Å². The third kappa shape index (κ3) is 22.5. The number of hydrogen-bond acceptors (Lipinski definition) is 4. The Kier molecular flexibility index (Phi) is 13.6. The van der Waals surface area contributed by atoms with Crippen LogP contribution >= 0.6 is 0 Å². The Morgan fingerprint density at radius 2 is 1.08 bits per heavy atom. The van der Waals surface area contributed by atoms with Crippen LogP contribution in [0.2, 0.25) is 0 Å². The van der Waals surface area contributed by atoms with Crippen LogP contribution in [0.1, 0.15) is 0 Å². The molecule has 0 aromatic carbocycles. The van der Waals surface area contributed by atoms with Crippen molar-refractivity contribution in [2.45, 2.75) is 0 Å². The van der Waals surface area contributed by atoms with E-state index in [0.717, 1.165) is 0 Å². The third-order valence-electron chi connectivity index (χ3n) is 0.180. The van der Waals surface area contributed by atoms with Crippen molar-refractivity contribution in [3.05, 3.63) is 0 Å². The van der Waals surface area contributed by atoms with Crippen LogP contribution in [-0.4, -0.2) is 64.6 Å². The fourth-order valence-corrected chi connectivity index (χ4v) is 0. The summed E-state index contributed by atoms with van der Waals surface area (Å²) in [4.78, 5) is 0. The summed E-state index contributed by atoms with van der Waals surface area (Å²) < 4.78 is 65.8. The zero-order valence-corrected chi connectivity index (χ0v) is 7.10. The van der Waals surface area contributed by atoms with Crippen LogP contribution in [0.5, 0.6) is 0 Å². The Hall–Kier alpha value is 1.09. The summed E-state index contributed by atoms with van der Waals surface area (Å²) in [5.41, 5.74) is 0. The van der Waals surface area contributed by atoms with E-state index in [1.807, 2.05) is 0 Å². The van der Waals surface area contributed by atoms with E-state index >= 15 is 0 Å². The third-order valence-corrected chi connectivity index (χ3v) is 1.62. The average molecular weight is 252 g/mol. The van der Waals surface area contributed by atoms with Gasteiger partial charge in [0.2, 0.25) is 0 Å². The molecule has 0 aliphatic heterocycles. The van der Waals surface area contributed by atoms with Gasteiger partial charge in [0.1, 0.15) is 0 Å². The Morgan fingerprint density at radius 3 is 1.08 bits per heavy atom. The van der Waals surface area contributed by atoms with E-state index in [1.54, 1.807) is 0 Å². The van der Waals surface area contributed by atoms with Gasteiger partial charge in [-0.15, -0.1) is 0 Å². The summed E-state index contributed by atoms with van der Waals surface area (Å²) in [5.74, 6) is 0. The standard InChI is InChI=1S/Na.H2O5S2.H2O3S.H/c;1-6(2)7(3,4)5;1-4(2)3;/h;(H,1,2)(H,3,4,5);(H2,1,2,3);. The van der Waals surface area contributed by atoms with Crippen LogP contribution in [0, 0.1) is 0 Å². The summed E-state index contributed by atoms with van der Waals surface area (Å²) in [7, 11) is -7.87. The van der Waals surface area contributed by atoms with Crippen molar-refractivity contribution in [3.8, 4) is 0 Å². The molecule has 0 amide bonds. The topological polar surface area (TPSA) is 149 Å². The second-order valence-electron chi connectivity index (χ2n) is 0.876. The van der Waals surface area contributed by atoms with E-state index < -0.39 is 30.6 Å². The molecule has 1 atom stereocenters. The minimum atomic E-state index is -4.71. The number of rotatable bonds is 1. The molecule has 0 saturated heterocycles. The van der Waals surface area contributed by atoms with Crippen LogP contribution in [0.25, 0.3) is 0 Å². The fourth-order valence-electron chi connectivity index (χ4n) is 0. The Morgan fingerprint density at radius 1 is 1.00 bits per heavy atom. The van der Waals surface area contributed by atoms with Crippen molar-refractivity contribution >= 4 is 60.2 Å². The van der Waals surface area contributed by atoms with Gasteiger partial charge in [0.05, 0.1) is 0 Å². The van der Waals surface area contributed by atoms with Crippen LogP contribution in [0.3, 0.4) is 0 Å². The Balaban J connectivity index is -0.000000142. The normalized spacial score (nSPS) is 12.4. The van der Waals surface area contributed by atoms with E-state index in [-0.39, 0.29) is 29.6 Å². The molecule has 72 valence electrons. The summed E-state index contributed by atoms with van der Waals surface area (Å²) in [6.45, 7) is 0. The van der Waals surface area contributed by atoms with Crippen LogP contribution < -0.4 is 0 Å². The van der Waals surface area contributed by atoms with E-state index in [2.05, 4.69) is 0 Å². The van der Waals surface area contributed by atoms with Crippen molar-refractivity contribution < 1.29 is 35.0 Å². The molecule has 0 bridgehead atoms. The van der Waals surface area contributed by atoms with E-state index in [1.165, 1.54) is 0 Å². The van der Waals surface area contributed by atoms with Gasteiger partial charge in [0.25, 0.3) is 11.4 Å². The first-order valence-corrected chi connectivity index (χ1v) is 5.69. The Bertz CT molecular complexity index is 233. The van der Waals surface area contributed by atoms with Crippen molar-refractivity contribution in [2.75, 3.05) is 0 Å². The van der Waals surface area contributed by atoms with E-state index in [4.69, 9.17) is 22.4 Å². The Labute approximate surface area is 94.6 Å². The molecule has 4 N–H and O–H groups in total. The van der Waals surface area contributed by atoms with Gasteiger partial charge in [-0.2, -0.15) is 12.6 Å². The minimum absolute atomic E-state index is 0. The summed E-state index contributed by atoms with van der Waals surface area (Å²) in [5, 5.41) is 0. The molecular formula is H5NaO8S3. The molecule has 0 spiro atoms. The van der Waals surface area contributed by atoms with Crippen molar-refractivity contribution in [3.63, 3.8) is 0 Å². The van der Waals surface area contributed by atoms with Crippen LogP contribution in [0.4, 0.5) is 0 Å². The van der Waals surface area contributed by atoms with Crippen LogP contribution in [0.15, 0.2) is 0 Å². The molecule has 0 fully saturated rings. The first-order valence-electron chi connectivity index (χ1n) is 1.56. The molecule has 0 radical (unpaired) electrons. The second-order valence-corrected chi connectivity index (χ2v) is 4.75. The summed E-state index contributed by atoms with van der Waals surface area (Å²) in [6, 6.07) is 0. The zero-order valence-electron chi connectivity index (χ0n) is 4.65.